The maximum Gasteiger partial charge on any atom is 0.262 e. The highest BCUT2D eigenvalue weighted by Gasteiger charge is 2.15. The Balaban J connectivity index is 1.56. The SMILES string of the molecule is CCOc1cc(/C=C(\C#N)c2nc3ccccc3[nH]2)cc(I)c1OCC(=O)Nc1cccc(C)c1. The van der Waals surface area contributed by atoms with Gasteiger partial charge in [-0.2, -0.15) is 5.26 Å². The van der Waals surface area contributed by atoms with Gasteiger partial charge < -0.3 is 19.8 Å². The van der Waals surface area contributed by atoms with E-state index in [2.05, 4.69) is 43.9 Å². The molecule has 3 aromatic carbocycles. The van der Waals surface area contributed by atoms with E-state index in [1.807, 2.05) is 68.4 Å². The predicted molar refractivity (Wildman–Crippen MR) is 145 cm³/mol. The molecule has 4 rings (SSSR count). The number of nitrogens with one attached hydrogen (secondary N) is 2. The summed E-state index contributed by atoms with van der Waals surface area (Å²) < 4.78 is 12.4. The van der Waals surface area contributed by atoms with Crippen molar-refractivity contribution in [2.75, 3.05) is 18.5 Å². The summed E-state index contributed by atoms with van der Waals surface area (Å²) in [6.07, 6.45) is 1.75. The summed E-state index contributed by atoms with van der Waals surface area (Å²) in [6.45, 7) is 4.09. The molecule has 2 N–H and O–H groups in total. The second-order valence-electron chi connectivity index (χ2n) is 7.74. The van der Waals surface area contributed by atoms with Gasteiger partial charge >= 0.3 is 0 Å². The number of benzene rings is 3. The highest BCUT2D eigenvalue weighted by atomic mass is 127. The van der Waals surface area contributed by atoms with Gasteiger partial charge in [-0.15, -0.1) is 0 Å². The fourth-order valence-corrected chi connectivity index (χ4v) is 4.31. The van der Waals surface area contributed by atoms with Crippen LogP contribution in [0.15, 0.2) is 60.7 Å². The molecule has 4 aromatic rings. The van der Waals surface area contributed by atoms with E-state index in [0.29, 0.717) is 35.2 Å². The first-order valence-corrected chi connectivity index (χ1v) is 12.1. The normalized spacial score (nSPS) is 11.2. The summed E-state index contributed by atoms with van der Waals surface area (Å²) in [4.78, 5) is 20.1. The van der Waals surface area contributed by atoms with Crippen molar-refractivity contribution in [3.63, 3.8) is 0 Å². The van der Waals surface area contributed by atoms with E-state index in [0.717, 1.165) is 25.7 Å². The Morgan fingerprint density at radius 3 is 2.74 bits per heavy atom. The minimum atomic E-state index is -0.269. The van der Waals surface area contributed by atoms with Gasteiger partial charge in [-0.1, -0.05) is 24.3 Å². The molecule has 0 bridgehead atoms. The van der Waals surface area contributed by atoms with Crippen molar-refractivity contribution in [2.24, 2.45) is 0 Å². The van der Waals surface area contributed by atoms with Crippen molar-refractivity contribution >= 4 is 56.9 Å². The number of H-pyrrole nitrogens is 1. The Labute approximate surface area is 216 Å². The van der Waals surface area contributed by atoms with Gasteiger partial charge in [0.15, 0.2) is 18.1 Å². The Hall–Kier alpha value is -3.84. The number of anilines is 1. The number of nitrogens with zero attached hydrogens (tertiary/aromatic N) is 2. The third kappa shape index (κ3) is 6.00. The number of carbonyl (C=O) groups is 1. The lowest BCUT2D eigenvalue weighted by atomic mass is 10.1. The van der Waals surface area contributed by atoms with Crippen molar-refractivity contribution in [2.45, 2.75) is 13.8 Å². The third-order valence-electron chi connectivity index (χ3n) is 5.06. The number of imidazole rings is 1. The first-order valence-electron chi connectivity index (χ1n) is 11.0. The van der Waals surface area contributed by atoms with Crippen LogP contribution < -0.4 is 14.8 Å². The fourth-order valence-electron chi connectivity index (χ4n) is 3.53. The van der Waals surface area contributed by atoms with Crippen molar-refractivity contribution in [3.05, 3.63) is 81.2 Å². The number of allylic oxidation sites excluding steroid dienone is 1. The number of aromatic amines is 1. The van der Waals surface area contributed by atoms with Gasteiger partial charge in [0.2, 0.25) is 0 Å². The number of fused-ring (bicyclic) bond motifs is 1. The second kappa shape index (κ2) is 11.1. The molecule has 0 saturated carbocycles. The highest BCUT2D eigenvalue weighted by molar-refractivity contribution is 14.1. The molecule has 0 saturated heterocycles. The monoisotopic (exact) mass is 578 g/mol. The first-order chi connectivity index (χ1) is 17.0. The van der Waals surface area contributed by atoms with Crippen LogP contribution in [0.3, 0.4) is 0 Å². The summed E-state index contributed by atoms with van der Waals surface area (Å²) in [5, 5.41) is 12.6. The van der Waals surface area contributed by atoms with Crippen LogP contribution >= 0.6 is 22.6 Å². The smallest absolute Gasteiger partial charge is 0.262 e. The molecular weight excluding hydrogens is 555 g/mol. The van der Waals surface area contributed by atoms with Gasteiger partial charge in [0.25, 0.3) is 5.91 Å². The van der Waals surface area contributed by atoms with Gasteiger partial charge in [0.05, 0.1) is 26.8 Å². The molecule has 1 aromatic heterocycles. The summed E-state index contributed by atoms with van der Waals surface area (Å²) in [5.74, 6) is 1.20. The predicted octanol–water partition coefficient (Wildman–Crippen LogP) is 5.96. The molecule has 0 fully saturated rings. The van der Waals surface area contributed by atoms with Crippen LogP contribution in [-0.4, -0.2) is 29.1 Å². The number of aryl methyl sites for hydroxylation is 1. The van der Waals surface area contributed by atoms with Crippen LogP contribution in [0.2, 0.25) is 0 Å². The van der Waals surface area contributed by atoms with Crippen molar-refractivity contribution < 1.29 is 14.3 Å². The molecule has 0 unspecified atom stereocenters. The summed E-state index contributed by atoms with van der Waals surface area (Å²) >= 11 is 2.14. The zero-order valence-corrected chi connectivity index (χ0v) is 21.4. The molecule has 0 spiro atoms. The highest BCUT2D eigenvalue weighted by Crippen LogP contribution is 2.35. The maximum atomic E-state index is 12.4. The summed E-state index contributed by atoms with van der Waals surface area (Å²) in [7, 11) is 0. The molecule has 35 heavy (non-hydrogen) atoms. The Bertz CT molecular complexity index is 1420. The minimum absolute atomic E-state index is 0.165. The minimum Gasteiger partial charge on any atom is -0.490 e. The molecule has 7 nitrogen and oxygen atoms in total. The zero-order chi connectivity index (χ0) is 24.8. The Morgan fingerprint density at radius 1 is 1.17 bits per heavy atom. The number of carbonyl (C=O) groups excluding carboxylic acids is 1. The third-order valence-corrected chi connectivity index (χ3v) is 5.86. The maximum absolute atomic E-state index is 12.4. The molecule has 0 aliphatic rings. The lowest BCUT2D eigenvalue weighted by molar-refractivity contribution is -0.118. The van der Waals surface area contributed by atoms with Crippen LogP contribution in [0, 0.1) is 21.8 Å². The number of rotatable bonds is 8. The van der Waals surface area contributed by atoms with Crippen molar-refractivity contribution in [3.8, 4) is 17.6 Å². The number of hydrogen-bond acceptors (Lipinski definition) is 5. The molecule has 0 aliphatic carbocycles. The van der Waals surface area contributed by atoms with E-state index in [9.17, 15) is 10.1 Å². The van der Waals surface area contributed by atoms with Crippen LogP contribution in [-0.2, 0) is 4.79 Å². The molecule has 0 radical (unpaired) electrons. The second-order valence-corrected chi connectivity index (χ2v) is 8.90. The number of ether oxygens (including phenoxy) is 2. The Kier molecular flexibility index (Phi) is 7.67. The topological polar surface area (TPSA) is 100 Å². The molecular formula is C27H23IN4O3. The fraction of sp³-hybridized carbons (Fsp3) is 0.148. The number of hydrogen-bond donors (Lipinski definition) is 2. The molecule has 0 aliphatic heterocycles. The Morgan fingerprint density at radius 2 is 2.00 bits per heavy atom. The summed E-state index contributed by atoms with van der Waals surface area (Å²) in [5.41, 5.74) is 4.58. The van der Waals surface area contributed by atoms with Crippen LogP contribution in [0.5, 0.6) is 11.5 Å². The average molecular weight is 578 g/mol. The standard InChI is InChI=1S/C27H23IN4O3/c1-3-34-24-14-18(12-19(15-29)27-31-22-9-4-5-10-23(22)32-27)13-21(28)26(24)35-16-25(33)30-20-8-6-7-17(2)11-20/h4-14H,3,16H2,1-2H3,(H,30,33)(H,31,32)/b19-12+. The van der Waals surface area contributed by atoms with Crippen molar-refractivity contribution in [1.82, 2.24) is 9.97 Å². The molecule has 1 amide bonds. The van der Waals surface area contributed by atoms with Crippen LogP contribution in [0.1, 0.15) is 23.9 Å². The van der Waals surface area contributed by atoms with Gasteiger partial charge in [0.1, 0.15) is 11.9 Å². The van der Waals surface area contributed by atoms with E-state index in [1.54, 1.807) is 12.1 Å². The number of amides is 1. The van der Waals surface area contributed by atoms with Gasteiger partial charge in [-0.3, -0.25) is 4.79 Å². The largest absolute Gasteiger partial charge is 0.490 e. The molecule has 176 valence electrons. The number of aromatic nitrogens is 2. The van der Waals surface area contributed by atoms with E-state index in [-0.39, 0.29) is 12.5 Å². The average Bonchev–Trinajstić information content (AvgIpc) is 3.26. The van der Waals surface area contributed by atoms with E-state index >= 15 is 0 Å². The van der Waals surface area contributed by atoms with Crippen LogP contribution in [0.25, 0.3) is 22.7 Å². The lowest BCUT2D eigenvalue weighted by Crippen LogP contribution is -2.20. The molecule has 8 heteroatoms. The van der Waals surface area contributed by atoms with Gasteiger partial charge in [-0.05, 0) is 90.0 Å². The number of nitriles is 1. The lowest BCUT2D eigenvalue weighted by Gasteiger charge is -2.15. The van der Waals surface area contributed by atoms with E-state index in [1.165, 1.54) is 0 Å². The zero-order valence-electron chi connectivity index (χ0n) is 19.3. The van der Waals surface area contributed by atoms with Crippen LogP contribution in [0.4, 0.5) is 5.69 Å². The van der Waals surface area contributed by atoms with E-state index < -0.39 is 0 Å². The first kappa shape index (κ1) is 24.3. The quantitative estimate of drug-likeness (QED) is 0.199. The van der Waals surface area contributed by atoms with Gasteiger partial charge in [0, 0.05) is 5.69 Å². The van der Waals surface area contributed by atoms with Gasteiger partial charge in [-0.25, -0.2) is 4.98 Å². The molecule has 0 atom stereocenters. The summed E-state index contributed by atoms with van der Waals surface area (Å²) in [6, 6.07) is 21.1. The van der Waals surface area contributed by atoms with E-state index in [4.69, 9.17) is 9.47 Å². The number of halogens is 1. The van der Waals surface area contributed by atoms with Crippen molar-refractivity contribution in [1.29, 1.82) is 5.26 Å². The molecule has 1 heterocycles. The number of para-hydroxylation sites is 2.